The van der Waals surface area contributed by atoms with Crippen LogP contribution in [0.1, 0.15) is 10.4 Å². The van der Waals surface area contributed by atoms with Crippen LogP contribution in [0.25, 0.3) is 0 Å². The largest absolute Gasteiger partial charge is 0.311 e. The molecule has 92 valence electrons. The topological polar surface area (TPSA) is 20.3 Å². The molecule has 2 aromatic carbocycles. The van der Waals surface area contributed by atoms with E-state index < -0.39 is 0 Å². The minimum atomic E-state index is -0.366. The first-order valence-corrected chi connectivity index (χ1v) is 5.85. The van der Waals surface area contributed by atoms with E-state index in [9.17, 15) is 9.18 Å². The van der Waals surface area contributed by atoms with Crippen molar-refractivity contribution in [2.45, 2.75) is 4.90 Å². The van der Waals surface area contributed by atoms with E-state index in [0.717, 1.165) is 0 Å². The number of rotatable bonds is 2. The molecular weight excluding hydrogens is 249 g/mol. The van der Waals surface area contributed by atoms with E-state index in [4.69, 9.17) is 0 Å². The van der Waals surface area contributed by atoms with Gasteiger partial charge in [-0.15, -0.1) is 12.6 Å². The summed E-state index contributed by atoms with van der Waals surface area (Å²) in [7, 11) is 1.61. The first kappa shape index (κ1) is 12.6. The van der Waals surface area contributed by atoms with Crippen LogP contribution in [0.5, 0.6) is 0 Å². The van der Waals surface area contributed by atoms with Crippen LogP contribution >= 0.6 is 12.6 Å². The van der Waals surface area contributed by atoms with Crippen LogP contribution in [-0.2, 0) is 0 Å². The summed E-state index contributed by atoms with van der Waals surface area (Å²) in [6, 6.07) is 12.9. The van der Waals surface area contributed by atoms with Crippen molar-refractivity contribution in [1.29, 1.82) is 0 Å². The van der Waals surface area contributed by atoms with E-state index in [2.05, 4.69) is 12.6 Å². The van der Waals surface area contributed by atoms with Gasteiger partial charge in [0, 0.05) is 23.2 Å². The normalized spacial score (nSPS) is 10.2. The summed E-state index contributed by atoms with van der Waals surface area (Å²) in [5.74, 6) is -0.563. The Morgan fingerprint density at radius 1 is 1.17 bits per heavy atom. The van der Waals surface area contributed by atoms with Gasteiger partial charge in [-0.05, 0) is 36.4 Å². The van der Waals surface area contributed by atoms with E-state index in [1.165, 1.54) is 17.0 Å². The van der Waals surface area contributed by atoms with Crippen molar-refractivity contribution in [3.8, 4) is 0 Å². The van der Waals surface area contributed by atoms with Crippen molar-refractivity contribution in [3.63, 3.8) is 0 Å². The van der Waals surface area contributed by atoms with E-state index in [1.807, 2.05) is 0 Å². The highest BCUT2D eigenvalue weighted by Crippen LogP contribution is 2.18. The minimum absolute atomic E-state index is 0.198. The number of nitrogens with zero attached hydrogens (tertiary/aromatic N) is 1. The molecular formula is C14H12FNOS. The van der Waals surface area contributed by atoms with Crippen molar-refractivity contribution in [2.75, 3.05) is 11.9 Å². The Morgan fingerprint density at radius 2 is 1.89 bits per heavy atom. The maximum absolute atomic E-state index is 13.1. The number of halogens is 1. The summed E-state index contributed by atoms with van der Waals surface area (Å²) < 4.78 is 13.1. The van der Waals surface area contributed by atoms with Gasteiger partial charge in [0.05, 0.1) is 0 Å². The van der Waals surface area contributed by atoms with Gasteiger partial charge in [-0.3, -0.25) is 4.79 Å². The molecule has 0 N–H and O–H groups in total. The van der Waals surface area contributed by atoms with Gasteiger partial charge in [-0.2, -0.15) is 0 Å². The van der Waals surface area contributed by atoms with Gasteiger partial charge >= 0.3 is 0 Å². The molecule has 0 saturated carbocycles. The zero-order valence-corrected chi connectivity index (χ0v) is 10.7. The molecule has 18 heavy (non-hydrogen) atoms. The van der Waals surface area contributed by atoms with Crippen LogP contribution in [-0.4, -0.2) is 13.0 Å². The number of hydrogen-bond donors (Lipinski definition) is 1. The second-order valence-electron chi connectivity index (χ2n) is 3.89. The summed E-state index contributed by atoms with van der Waals surface area (Å²) in [5.41, 5.74) is 1.04. The predicted octanol–water partition coefficient (Wildman–Crippen LogP) is 3.39. The Balaban J connectivity index is 2.29. The molecule has 2 rings (SSSR count). The Labute approximate surface area is 110 Å². The lowest BCUT2D eigenvalue weighted by Crippen LogP contribution is -2.26. The van der Waals surface area contributed by atoms with Gasteiger partial charge in [0.15, 0.2) is 0 Å². The molecule has 2 nitrogen and oxygen atoms in total. The number of hydrogen-bond acceptors (Lipinski definition) is 2. The Morgan fingerprint density at radius 3 is 2.56 bits per heavy atom. The number of carbonyl (C=O) groups excluding carboxylic acids is 1. The molecule has 0 spiro atoms. The molecule has 0 heterocycles. The fraction of sp³-hybridized carbons (Fsp3) is 0.0714. The van der Waals surface area contributed by atoms with Crippen molar-refractivity contribution >= 4 is 24.2 Å². The zero-order chi connectivity index (χ0) is 13.1. The quantitative estimate of drug-likeness (QED) is 0.822. The average molecular weight is 261 g/mol. The van der Waals surface area contributed by atoms with Gasteiger partial charge < -0.3 is 4.90 Å². The van der Waals surface area contributed by atoms with Crippen molar-refractivity contribution in [2.24, 2.45) is 0 Å². The van der Waals surface area contributed by atoms with Gasteiger partial charge in [-0.25, -0.2) is 4.39 Å². The fourth-order valence-corrected chi connectivity index (χ4v) is 1.86. The Hall–Kier alpha value is -1.81. The second-order valence-corrected chi connectivity index (χ2v) is 4.41. The molecule has 0 fully saturated rings. The van der Waals surface area contributed by atoms with E-state index in [1.54, 1.807) is 43.4 Å². The average Bonchev–Trinajstić information content (AvgIpc) is 2.37. The summed E-state index contributed by atoms with van der Waals surface area (Å²) in [4.78, 5) is 14.3. The fourth-order valence-electron chi connectivity index (χ4n) is 1.63. The van der Waals surface area contributed by atoms with Crippen LogP contribution in [0, 0.1) is 5.82 Å². The lowest BCUT2D eigenvalue weighted by atomic mass is 10.2. The SMILES string of the molecule is CN(C(=O)c1cccc(S)c1)c1cccc(F)c1. The number of amides is 1. The lowest BCUT2D eigenvalue weighted by molar-refractivity contribution is 0.0993. The molecule has 0 aliphatic heterocycles. The summed E-state index contributed by atoms with van der Waals surface area (Å²) >= 11 is 4.19. The maximum atomic E-state index is 13.1. The summed E-state index contributed by atoms with van der Waals surface area (Å²) in [6.07, 6.45) is 0. The van der Waals surface area contributed by atoms with Crippen LogP contribution < -0.4 is 4.90 Å². The molecule has 0 aromatic heterocycles. The highest BCUT2D eigenvalue weighted by Gasteiger charge is 2.13. The lowest BCUT2D eigenvalue weighted by Gasteiger charge is -2.17. The summed E-state index contributed by atoms with van der Waals surface area (Å²) in [5, 5.41) is 0. The van der Waals surface area contributed by atoms with E-state index in [0.29, 0.717) is 16.1 Å². The molecule has 0 aliphatic rings. The molecule has 2 aromatic rings. The molecule has 1 amide bonds. The van der Waals surface area contributed by atoms with Crippen LogP contribution in [0.2, 0.25) is 0 Å². The maximum Gasteiger partial charge on any atom is 0.258 e. The first-order chi connectivity index (χ1) is 8.58. The van der Waals surface area contributed by atoms with Crippen molar-refractivity contribution in [1.82, 2.24) is 0 Å². The molecule has 0 unspecified atom stereocenters. The predicted molar refractivity (Wildman–Crippen MR) is 72.8 cm³/mol. The molecule has 0 aliphatic carbocycles. The monoisotopic (exact) mass is 261 g/mol. The zero-order valence-electron chi connectivity index (χ0n) is 9.80. The van der Waals surface area contributed by atoms with Gasteiger partial charge in [0.2, 0.25) is 0 Å². The molecule has 0 bridgehead atoms. The molecule has 0 saturated heterocycles. The highest BCUT2D eigenvalue weighted by molar-refractivity contribution is 7.80. The van der Waals surface area contributed by atoms with Gasteiger partial charge in [0.1, 0.15) is 5.82 Å². The third-order valence-electron chi connectivity index (χ3n) is 2.59. The molecule has 0 radical (unpaired) electrons. The van der Waals surface area contributed by atoms with E-state index >= 15 is 0 Å². The van der Waals surface area contributed by atoms with E-state index in [-0.39, 0.29) is 11.7 Å². The molecule has 4 heteroatoms. The van der Waals surface area contributed by atoms with Gasteiger partial charge in [-0.1, -0.05) is 12.1 Å². The first-order valence-electron chi connectivity index (χ1n) is 5.40. The van der Waals surface area contributed by atoms with Gasteiger partial charge in [0.25, 0.3) is 5.91 Å². The molecule has 0 atom stereocenters. The number of carbonyl (C=O) groups is 1. The third kappa shape index (κ3) is 2.71. The van der Waals surface area contributed by atoms with Crippen molar-refractivity contribution < 1.29 is 9.18 Å². The van der Waals surface area contributed by atoms with Crippen LogP contribution in [0.15, 0.2) is 53.4 Å². The second kappa shape index (κ2) is 5.23. The number of anilines is 1. The standard InChI is InChI=1S/C14H12FNOS/c1-16(12-6-3-5-11(15)9-12)14(17)10-4-2-7-13(18)8-10/h2-9,18H,1H3. The number of benzene rings is 2. The highest BCUT2D eigenvalue weighted by atomic mass is 32.1. The third-order valence-corrected chi connectivity index (χ3v) is 2.87. The Bertz CT molecular complexity index is 586. The minimum Gasteiger partial charge on any atom is -0.311 e. The van der Waals surface area contributed by atoms with Crippen LogP contribution in [0.3, 0.4) is 0 Å². The number of thiol groups is 1. The Kier molecular flexibility index (Phi) is 3.67. The smallest absolute Gasteiger partial charge is 0.258 e. The summed E-state index contributed by atoms with van der Waals surface area (Å²) in [6.45, 7) is 0. The van der Waals surface area contributed by atoms with Crippen LogP contribution in [0.4, 0.5) is 10.1 Å². The van der Waals surface area contributed by atoms with Crippen molar-refractivity contribution in [3.05, 3.63) is 59.9 Å².